The van der Waals surface area contributed by atoms with Crippen LogP contribution in [0.5, 0.6) is 11.5 Å². The zero-order valence-corrected chi connectivity index (χ0v) is 15.6. The molecular weight excluding hydrogens is 320 g/mol. The van der Waals surface area contributed by atoms with Gasteiger partial charge in [0.2, 0.25) is 0 Å². The minimum atomic E-state index is -0.555. The second-order valence-corrected chi connectivity index (χ2v) is 6.12. The van der Waals surface area contributed by atoms with Crippen molar-refractivity contribution >= 4 is 11.8 Å². The first kappa shape index (κ1) is 21.0. The van der Waals surface area contributed by atoms with Gasteiger partial charge in [-0.3, -0.25) is 4.79 Å². The van der Waals surface area contributed by atoms with E-state index in [2.05, 4.69) is 6.92 Å². The Morgan fingerprint density at radius 3 is 2.32 bits per heavy atom. The van der Waals surface area contributed by atoms with Crippen molar-refractivity contribution < 1.29 is 24.2 Å². The molecule has 140 valence electrons. The predicted molar refractivity (Wildman–Crippen MR) is 97.6 cm³/mol. The summed E-state index contributed by atoms with van der Waals surface area (Å²) < 4.78 is 10.4. The number of methoxy groups -OCH3 is 1. The third-order valence-corrected chi connectivity index (χ3v) is 4.08. The summed E-state index contributed by atoms with van der Waals surface area (Å²) in [5, 5.41) is 9.97. The highest BCUT2D eigenvalue weighted by Gasteiger charge is 2.25. The Kier molecular flexibility index (Phi) is 9.66. The minimum absolute atomic E-state index is 0.0449. The molecule has 0 amide bonds. The molecule has 0 saturated heterocycles. The van der Waals surface area contributed by atoms with Crippen molar-refractivity contribution in [1.29, 1.82) is 0 Å². The van der Waals surface area contributed by atoms with Gasteiger partial charge in [0.05, 0.1) is 24.8 Å². The molecule has 1 aromatic carbocycles. The van der Waals surface area contributed by atoms with Gasteiger partial charge in [0.15, 0.2) is 17.3 Å². The Morgan fingerprint density at radius 1 is 1.00 bits per heavy atom. The van der Waals surface area contributed by atoms with Gasteiger partial charge >= 0.3 is 5.97 Å². The molecule has 0 bridgehead atoms. The van der Waals surface area contributed by atoms with Crippen molar-refractivity contribution in [3.63, 3.8) is 0 Å². The number of aromatic hydroxyl groups is 1. The van der Waals surface area contributed by atoms with Crippen LogP contribution in [0.1, 0.15) is 85.9 Å². The molecule has 0 fully saturated rings. The predicted octanol–water partition coefficient (Wildman–Crippen LogP) is 4.90. The highest BCUT2D eigenvalue weighted by atomic mass is 16.5. The maximum absolute atomic E-state index is 12.7. The normalized spacial score (nSPS) is 10.5. The van der Waals surface area contributed by atoms with Gasteiger partial charge in [0.1, 0.15) is 0 Å². The topological polar surface area (TPSA) is 72.8 Å². The van der Waals surface area contributed by atoms with E-state index in [-0.39, 0.29) is 28.4 Å². The Hall–Kier alpha value is -2.04. The second-order valence-electron chi connectivity index (χ2n) is 6.12. The van der Waals surface area contributed by atoms with E-state index in [0.29, 0.717) is 13.0 Å². The Bertz CT molecular complexity index is 565. The molecule has 0 heterocycles. The van der Waals surface area contributed by atoms with Crippen LogP contribution in [0.3, 0.4) is 0 Å². The number of ketones is 1. The summed E-state index contributed by atoms with van der Waals surface area (Å²) in [7, 11) is 1.37. The molecule has 1 N–H and O–H groups in total. The third kappa shape index (κ3) is 6.40. The SMILES string of the molecule is CCCCCCCC(=O)c1c(C(=O)OCCCC)ccc(O)c1OC. The quantitative estimate of drug-likeness (QED) is 0.330. The number of benzene rings is 1. The molecule has 0 atom stereocenters. The molecule has 0 unspecified atom stereocenters. The third-order valence-electron chi connectivity index (χ3n) is 4.08. The molecule has 0 saturated carbocycles. The Balaban J connectivity index is 2.94. The summed E-state index contributed by atoms with van der Waals surface area (Å²) in [4.78, 5) is 25.0. The number of hydrogen-bond acceptors (Lipinski definition) is 5. The number of carbonyl (C=O) groups excluding carboxylic acids is 2. The summed E-state index contributed by atoms with van der Waals surface area (Å²) >= 11 is 0. The number of phenolic OH excluding ortho intramolecular Hbond substituents is 1. The first-order valence-electron chi connectivity index (χ1n) is 9.17. The van der Waals surface area contributed by atoms with Crippen LogP contribution in [0.2, 0.25) is 0 Å². The van der Waals surface area contributed by atoms with Crippen molar-refractivity contribution in [3.05, 3.63) is 23.3 Å². The van der Waals surface area contributed by atoms with E-state index in [9.17, 15) is 14.7 Å². The highest BCUT2D eigenvalue weighted by Crippen LogP contribution is 2.34. The van der Waals surface area contributed by atoms with E-state index in [1.54, 1.807) is 0 Å². The van der Waals surface area contributed by atoms with E-state index in [1.807, 2.05) is 6.92 Å². The summed E-state index contributed by atoms with van der Waals surface area (Å²) in [6.45, 7) is 4.45. The van der Waals surface area contributed by atoms with Gasteiger partial charge in [0, 0.05) is 6.42 Å². The zero-order chi connectivity index (χ0) is 18.7. The number of esters is 1. The number of hydrogen-bond donors (Lipinski definition) is 1. The first-order valence-corrected chi connectivity index (χ1v) is 9.17. The number of rotatable bonds is 12. The molecule has 1 aromatic rings. The van der Waals surface area contributed by atoms with Crippen LogP contribution in [-0.4, -0.2) is 30.6 Å². The van der Waals surface area contributed by atoms with Crippen LogP contribution in [0.25, 0.3) is 0 Å². The van der Waals surface area contributed by atoms with Crippen LogP contribution in [-0.2, 0) is 4.74 Å². The van der Waals surface area contributed by atoms with Gasteiger partial charge in [-0.05, 0) is 25.0 Å². The van der Waals surface area contributed by atoms with Crippen molar-refractivity contribution in [1.82, 2.24) is 0 Å². The average Bonchev–Trinajstić information content (AvgIpc) is 2.61. The molecule has 25 heavy (non-hydrogen) atoms. The maximum atomic E-state index is 12.7. The lowest BCUT2D eigenvalue weighted by Gasteiger charge is -2.14. The molecular formula is C20H30O5. The van der Waals surface area contributed by atoms with Gasteiger partial charge in [0.25, 0.3) is 0 Å². The molecule has 0 aromatic heterocycles. The minimum Gasteiger partial charge on any atom is -0.504 e. The fourth-order valence-corrected chi connectivity index (χ4v) is 2.63. The number of unbranched alkanes of at least 4 members (excludes halogenated alkanes) is 5. The summed E-state index contributed by atoms with van der Waals surface area (Å²) in [6.07, 6.45) is 7.10. The van der Waals surface area contributed by atoms with Crippen LogP contribution in [0.15, 0.2) is 12.1 Å². The van der Waals surface area contributed by atoms with E-state index in [1.165, 1.54) is 19.2 Å². The van der Waals surface area contributed by atoms with Gasteiger partial charge < -0.3 is 14.6 Å². The lowest BCUT2D eigenvalue weighted by Crippen LogP contribution is -2.14. The molecule has 0 radical (unpaired) electrons. The molecule has 1 rings (SSSR count). The van der Waals surface area contributed by atoms with Crippen LogP contribution in [0, 0.1) is 0 Å². The Morgan fingerprint density at radius 2 is 1.68 bits per heavy atom. The van der Waals surface area contributed by atoms with Crippen LogP contribution in [0.4, 0.5) is 0 Å². The van der Waals surface area contributed by atoms with Crippen LogP contribution >= 0.6 is 0 Å². The molecule has 0 aliphatic rings. The van der Waals surface area contributed by atoms with Crippen molar-refractivity contribution in [2.45, 2.75) is 65.2 Å². The fourth-order valence-electron chi connectivity index (χ4n) is 2.63. The largest absolute Gasteiger partial charge is 0.504 e. The first-order chi connectivity index (χ1) is 12.1. The number of carbonyl (C=O) groups is 2. The Labute approximate surface area is 150 Å². The van der Waals surface area contributed by atoms with Crippen molar-refractivity contribution in [2.75, 3.05) is 13.7 Å². The standard InChI is InChI=1S/C20H30O5/c1-4-6-8-9-10-11-16(21)18-15(20(23)25-14-7-5-2)12-13-17(22)19(18)24-3/h12-13,22H,4-11,14H2,1-3H3. The van der Waals surface area contributed by atoms with Gasteiger partial charge in [-0.1, -0.05) is 46.0 Å². The molecule has 5 nitrogen and oxygen atoms in total. The lowest BCUT2D eigenvalue weighted by atomic mass is 9.97. The van der Waals surface area contributed by atoms with Gasteiger partial charge in [-0.25, -0.2) is 4.79 Å². The van der Waals surface area contributed by atoms with Crippen molar-refractivity contribution in [3.8, 4) is 11.5 Å². The number of Topliss-reactive ketones (excluding diaryl/α,β-unsaturated/α-hetero) is 1. The van der Waals surface area contributed by atoms with E-state index >= 15 is 0 Å². The fraction of sp³-hybridized carbons (Fsp3) is 0.600. The summed E-state index contributed by atoms with van der Waals surface area (Å²) in [5.41, 5.74) is 0.281. The molecule has 0 spiro atoms. The highest BCUT2D eigenvalue weighted by molar-refractivity contribution is 6.09. The number of phenols is 1. The van der Waals surface area contributed by atoms with E-state index in [0.717, 1.165) is 44.9 Å². The monoisotopic (exact) mass is 350 g/mol. The second kappa shape index (κ2) is 11.5. The summed E-state index contributed by atoms with van der Waals surface area (Å²) in [5.74, 6) is -0.863. The smallest absolute Gasteiger partial charge is 0.339 e. The van der Waals surface area contributed by atoms with Crippen molar-refractivity contribution in [2.24, 2.45) is 0 Å². The number of ether oxygens (including phenoxy) is 2. The summed E-state index contributed by atoms with van der Waals surface area (Å²) in [6, 6.07) is 2.78. The van der Waals surface area contributed by atoms with Gasteiger partial charge in [-0.2, -0.15) is 0 Å². The molecule has 5 heteroatoms. The average molecular weight is 350 g/mol. The molecule has 0 aliphatic carbocycles. The maximum Gasteiger partial charge on any atom is 0.339 e. The lowest BCUT2D eigenvalue weighted by molar-refractivity contribution is 0.0496. The van der Waals surface area contributed by atoms with Crippen LogP contribution < -0.4 is 4.74 Å². The van der Waals surface area contributed by atoms with Gasteiger partial charge in [-0.15, -0.1) is 0 Å². The van der Waals surface area contributed by atoms with E-state index in [4.69, 9.17) is 9.47 Å². The zero-order valence-electron chi connectivity index (χ0n) is 15.6. The van der Waals surface area contributed by atoms with E-state index < -0.39 is 5.97 Å². The molecule has 0 aliphatic heterocycles.